The van der Waals surface area contributed by atoms with Crippen molar-refractivity contribution >= 4 is 22.0 Å². The van der Waals surface area contributed by atoms with E-state index in [-0.39, 0.29) is 18.2 Å². The predicted octanol–water partition coefficient (Wildman–Crippen LogP) is 2.71. The Labute approximate surface area is 119 Å². The molecule has 5 heteroatoms. The van der Waals surface area contributed by atoms with Crippen LogP contribution in [0.2, 0.25) is 0 Å². The molecule has 0 spiro atoms. The second kappa shape index (κ2) is 6.24. The molecule has 2 atom stereocenters. The normalized spacial score (nSPS) is 26.2. The molecular formula is C13H25BrN2O2. The van der Waals surface area contributed by atoms with E-state index < -0.39 is 5.60 Å². The van der Waals surface area contributed by atoms with E-state index >= 15 is 0 Å². The zero-order chi connectivity index (χ0) is 13.9. The van der Waals surface area contributed by atoms with Crippen molar-refractivity contribution in [3.05, 3.63) is 0 Å². The van der Waals surface area contributed by atoms with Crippen molar-refractivity contribution in [2.75, 3.05) is 25.0 Å². The van der Waals surface area contributed by atoms with Gasteiger partial charge in [0.25, 0.3) is 0 Å². The van der Waals surface area contributed by atoms with Crippen LogP contribution in [-0.4, -0.2) is 58.5 Å². The van der Waals surface area contributed by atoms with Crippen LogP contribution in [0, 0.1) is 0 Å². The van der Waals surface area contributed by atoms with E-state index in [1.165, 1.54) is 0 Å². The molecular weight excluding hydrogens is 296 g/mol. The monoisotopic (exact) mass is 320 g/mol. The van der Waals surface area contributed by atoms with Crippen LogP contribution in [0.5, 0.6) is 0 Å². The van der Waals surface area contributed by atoms with Crippen molar-refractivity contribution in [1.29, 1.82) is 0 Å². The summed E-state index contributed by atoms with van der Waals surface area (Å²) < 4.78 is 5.47. The lowest BCUT2D eigenvalue weighted by Crippen LogP contribution is -2.59. The Morgan fingerprint density at radius 3 is 2.17 bits per heavy atom. The molecule has 0 N–H and O–H groups in total. The van der Waals surface area contributed by atoms with Crippen LogP contribution >= 0.6 is 15.9 Å². The van der Waals surface area contributed by atoms with Gasteiger partial charge in [-0.05, 0) is 34.6 Å². The van der Waals surface area contributed by atoms with E-state index in [2.05, 4.69) is 34.7 Å². The first-order valence-corrected chi connectivity index (χ1v) is 7.66. The van der Waals surface area contributed by atoms with Crippen LogP contribution in [0.3, 0.4) is 0 Å². The maximum atomic E-state index is 12.2. The second-order valence-corrected chi connectivity index (χ2v) is 6.83. The third-order valence-electron chi connectivity index (χ3n) is 3.00. The Morgan fingerprint density at radius 2 is 1.78 bits per heavy atom. The standard InChI is InChI=1S/C13H25BrN2O2/c1-10-8-15(7-6-14)9-11(2)16(10)12(17)18-13(3,4)5/h10-11H,6-9H2,1-5H3/t10-,11-/m0/s1. The van der Waals surface area contributed by atoms with Gasteiger partial charge in [0.15, 0.2) is 0 Å². The molecule has 1 fully saturated rings. The molecule has 18 heavy (non-hydrogen) atoms. The Bertz CT molecular complexity index is 279. The van der Waals surface area contributed by atoms with Crippen LogP contribution < -0.4 is 0 Å². The summed E-state index contributed by atoms with van der Waals surface area (Å²) in [6.45, 7) is 12.7. The minimum Gasteiger partial charge on any atom is -0.444 e. The summed E-state index contributed by atoms with van der Waals surface area (Å²) >= 11 is 3.46. The molecule has 0 aromatic carbocycles. The van der Waals surface area contributed by atoms with Crippen LogP contribution in [0.1, 0.15) is 34.6 Å². The van der Waals surface area contributed by atoms with Gasteiger partial charge < -0.3 is 9.64 Å². The quantitative estimate of drug-likeness (QED) is 0.733. The minimum absolute atomic E-state index is 0.194. The average molecular weight is 321 g/mol. The van der Waals surface area contributed by atoms with Crippen LogP contribution in [0.15, 0.2) is 0 Å². The summed E-state index contributed by atoms with van der Waals surface area (Å²) in [6, 6.07) is 0.394. The summed E-state index contributed by atoms with van der Waals surface area (Å²) in [6.07, 6.45) is -0.194. The van der Waals surface area contributed by atoms with E-state index in [9.17, 15) is 4.79 Å². The lowest BCUT2D eigenvalue weighted by atomic mass is 10.1. The first-order chi connectivity index (χ1) is 8.24. The number of hydrogen-bond donors (Lipinski definition) is 0. The number of nitrogens with zero attached hydrogens (tertiary/aromatic N) is 2. The summed E-state index contributed by atoms with van der Waals surface area (Å²) in [5, 5.41) is 0.971. The number of alkyl halides is 1. The van der Waals surface area contributed by atoms with Gasteiger partial charge in [0.05, 0.1) is 0 Å². The number of hydrogen-bond acceptors (Lipinski definition) is 3. The first-order valence-electron chi connectivity index (χ1n) is 6.54. The zero-order valence-electron chi connectivity index (χ0n) is 12.1. The van der Waals surface area contributed by atoms with Crippen molar-refractivity contribution < 1.29 is 9.53 Å². The third-order valence-corrected chi connectivity index (χ3v) is 3.35. The topological polar surface area (TPSA) is 32.8 Å². The van der Waals surface area contributed by atoms with Crippen molar-refractivity contribution in [2.24, 2.45) is 0 Å². The minimum atomic E-state index is -0.427. The van der Waals surface area contributed by atoms with Crippen molar-refractivity contribution in [1.82, 2.24) is 9.80 Å². The largest absolute Gasteiger partial charge is 0.444 e. The predicted molar refractivity (Wildman–Crippen MR) is 77.2 cm³/mol. The van der Waals surface area contributed by atoms with Gasteiger partial charge in [-0.25, -0.2) is 4.79 Å². The van der Waals surface area contributed by atoms with Gasteiger partial charge in [-0.2, -0.15) is 0 Å². The number of piperazine rings is 1. The maximum Gasteiger partial charge on any atom is 0.410 e. The molecule has 1 aliphatic rings. The van der Waals surface area contributed by atoms with E-state index in [0.29, 0.717) is 0 Å². The summed E-state index contributed by atoms with van der Waals surface area (Å²) in [7, 11) is 0. The van der Waals surface area contributed by atoms with Gasteiger partial charge >= 0.3 is 6.09 Å². The van der Waals surface area contributed by atoms with Crippen molar-refractivity contribution in [3.8, 4) is 0 Å². The van der Waals surface area contributed by atoms with E-state index in [4.69, 9.17) is 4.74 Å². The lowest BCUT2D eigenvalue weighted by molar-refractivity contribution is -0.0139. The molecule has 0 aromatic heterocycles. The molecule has 1 rings (SSSR count). The summed E-state index contributed by atoms with van der Waals surface area (Å²) in [4.78, 5) is 16.4. The lowest BCUT2D eigenvalue weighted by Gasteiger charge is -2.44. The fourth-order valence-electron chi connectivity index (χ4n) is 2.41. The fraction of sp³-hybridized carbons (Fsp3) is 0.923. The number of rotatable bonds is 2. The van der Waals surface area contributed by atoms with Crippen LogP contribution in [-0.2, 0) is 4.74 Å². The summed E-state index contributed by atoms with van der Waals surface area (Å²) in [5.41, 5.74) is -0.427. The Hall–Kier alpha value is -0.290. The molecule has 0 saturated carbocycles. The zero-order valence-corrected chi connectivity index (χ0v) is 13.7. The van der Waals surface area contributed by atoms with Gasteiger partial charge in [0, 0.05) is 37.0 Å². The van der Waals surface area contributed by atoms with Crippen molar-refractivity contribution in [2.45, 2.75) is 52.3 Å². The molecule has 1 saturated heterocycles. The van der Waals surface area contributed by atoms with E-state index in [1.807, 2.05) is 25.7 Å². The highest BCUT2D eigenvalue weighted by Crippen LogP contribution is 2.19. The highest BCUT2D eigenvalue weighted by Gasteiger charge is 2.35. The molecule has 0 radical (unpaired) electrons. The average Bonchev–Trinajstić information content (AvgIpc) is 2.13. The Kier molecular flexibility index (Phi) is 5.46. The molecule has 1 aliphatic heterocycles. The molecule has 4 nitrogen and oxygen atoms in total. The smallest absolute Gasteiger partial charge is 0.410 e. The highest BCUT2D eigenvalue weighted by molar-refractivity contribution is 9.09. The third kappa shape index (κ3) is 4.43. The first kappa shape index (κ1) is 15.8. The molecule has 0 aromatic rings. The fourth-order valence-corrected chi connectivity index (χ4v) is 2.91. The van der Waals surface area contributed by atoms with Crippen LogP contribution in [0.25, 0.3) is 0 Å². The second-order valence-electron chi connectivity index (χ2n) is 6.03. The number of amides is 1. The van der Waals surface area contributed by atoms with Gasteiger partial charge in [-0.1, -0.05) is 15.9 Å². The molecule has 0 aliphatic carbocycles. The summed E-state index contributed by atoms with van der Waals surface area (Å²) in [5.74, 6) is 0. The number of halogens is 1. The van der Waals surface area contributed by atoms with Gasteiger partial charge in [0.2, 0.25) is 0 Å². The highest BCUT2D eigenvalue weighted by atomic mass is 79.9. The Balaban J connectivity index is 2.64. The van der Waals surface area contributed by atoms with Gasteiger partial charge in [-0.3, -0.25) is 4.90 Å². The molecule has 0 bridgehead atoms. The van der Waals surface area contributed by atoms with Gasteiger partial charge in [0.1, 0.15) is 5.60 Å². The molecule has 1 amide bonds. The molecule has 1 heterocycles. The Morgan fingerprint density at radius 1 is 1.28 bits per heavy atom. The van der Waals surface area contributed by atoms with Crippen molar-refractivity contribution in [3.63, 3.8) is 0 Å². The number of carbonyl (C=O) groups is 1. The maximum absolute atomic E-state index is 12.2. The van der Waals surface area contributed by atoms with Crippen LogP contribution in [0.4, 0.5) is 4.79 Å². The van der Waals surface area contributed by atoms with Gasteiger partial charge in [-0.15, -0.1) is 0 Å². The number of ether oxygens (including phenoxy) is 1. The SMILES string of the molecule is C[C@H]1CN(CCBr)C[C@H](C)N1C(=O)OC(C)(C)C. The molecule has 0 unspecified atom stereocenters. The van der Waals surface area contributed by atoms with E-state index in [0.717, 1.165) is 25.0 Å². The van der Waals surface area contributed by atoms with E-state index in [1.54, 1.807) is 0 Å². The number of carbonyl (C=O) groups excluding carboxylic acids is 1. The molecule has 106 valence electrons.